The Bertz CT molecular complexity index is 509. The van der Waals surface area contributed by atoms with Gasteiger partial charge in [-0.3, -0.25) is 0 Å². The van der Waals surface area contributed by atoms with E-state index in [-0.39, 0.29) is 0 Å². The molecule has 1 aliphatic heterocycles. The zero-order valence-electron chi connectivity index (χ0n) is 9.84. The van der Waals surface area contributed by atoms with Gasteiger partial charge in [0.05, 0.1) is 0 Å². The van der Waals surface area contributed by atoms with Gasteiger partial charge in [0.2, 0.25) is 0 Å². The molecule has 0 saturated carbocycles. The summed E-state index contributed by atoms with van der Waals surface area (Å²) in [5.74, 6) is 0. The third-order valence-corrected chi connectivity index (χ3v) is 5.69. The first-order chi connectivity index (χ1) is 8.34. The summed E-state index contributed by atoms with van der Waals surface area (Å²) in [6.45, 7) is 2.32. The molecule has 0 saturated heterocycles. The molecule has 0 aliphatic carbocycles. The molecule has 0 bridgehead atoms. The summed E-state index contributed by atoms with van der Waals surface area (Å²) in [7, 11) is 0. The van der Waals surface area contributed by atoms with Crippen LogP contribution in [-0.2, 0) is 6.42 Å². The third kappa shape index (κ3) is 2.11. The Morgan fingerprint density at radius 1 is 1.00 bits per heavy atom. The number of hydrogen-bond donors (Lipinski definition) is 0. The van der Waals surface area contributed by atoms with Crippen LogP contribution in [0.15, 0.2) is 54.6 Å². The molecule has 0 fully saturated rings. The predicted molar refractivity (Wildman–Crippen MR) is 73.9 cm³/mol. The van der Waals surface area contributed by atoms with Crippen molar-refractivity contribution in [2.24, 2.45) is 0 Å². The van der Waals surface area contributed by atoms with E-state index >= 15 is 0 Å². The summed E-state index contributed by atoms with van der Waals surface area (Å²) >= 11 is 0.396. The molecule has 0 N–H and O–H groups in total. The second-order valence-corrected chi connectivity index (χ2v) is 6.61. The van der Waals surface area contributed by atoms with E-state index in [2.05, 4.69) is 65.4 Å². The maximum atomic E-state index is 2.57. The number of hydrogen-bond acceptors (Lipinski definition) is 1. The van der Waals surface area contributed by atoms with E-state index in [0.717, 1.165) is 0 Å². The van der Waals surface area contributed by atoms with Crippen LogP contribution in [0.25, 0.3) is 0 Å². The SMILES string of the molecule is CC1Cc2ccccc2N1[Se]c1ccccc1. The Hall–Kier alpha value is -1.24. The van der Waals surface area contributed by atoms with Gasteiger partial charge in [0.15, 0.2) is 0 Å². The Labute approximate surface area is 109 Å². The van der Waals surface area contributed by atoms with Crippen LogP contribution in [0.1, 0.15) is 12.5 Å². The van der Waals surface area contributed by atoms with Crippen molar-refractivity contribution in [2.75, 3.05) is 3.92 Å². The van der Waals surface area contributed by atoms with Crippen LogP contribution in [0.5, 0.6) is 0 Å². The second-order valence-electron chi connectivity index (χ2n) is 4.41. The minimum atomic E-state index is 0.396. The van der Waals surface area contributed by atoms with Gasteiger partial charge in [-0.1, -0.05) is 0 Å². The molecule has 1 atom stereocenters. The summed E-state index contributed by atoms with van der Waals surface area (Å²) < 4.78 is 4.01. The molecule has 1 unspecified atom stereocenters. The summed E-state index contributed by atoms with van der Waals surface area (Å²) in [6.07, 6.45) is 1.19. The third-order valence-electron chi connectivity index (χ3n) is 3.09. The fraction of sp³-hybridized carbons (Fsp3) is 0.200. The molecule has 3 rings (SSSR count). The fourth-order valence-electron chi connectivity index (χ4n) is 2.27. The van der Waals surface area contributed by atoms with Crippen molar-refractivity contribution in [1.82, 2.24) is 0 Å². The molecule has 0 spiro atoms. The monoisotopic (exact) mass is 289 g/mol. The van der Waals surface area contributed by atoms with E-state index in [9.17, 15) is 0 Å². The molecule has 0 radical (unpaired) electrons. The summed E-state index contributed by atoms with van der Waals surface area (Å²) in [4.78, 5) is 0. The van der Waals surface area contributed by atoms with Gasteiger partial charge in [0.25, 0.3) is 0 Å². The average Bonchev–Trinajstić information content (AvgIpc) is 2.68. The molecular formula is C15H15NSe. The molecule has 0 aromatic heterocycles. The Morgan fingerprint density at radius 3 is 2.53 bits per heavy atom. The molecule has 1 heterocycles. The zero-order valence-corrected chi connectivity index (χ0v) is 11.5. The Morgan fingerprint density at radius 2 is 1.71 bits per heavy atom. The maximum absolute atomic E-state index is 2.57. The minimum absolute atomic E-state index is 0.396. The van der Waals surface area contributed by atoms with Crippen molar-refractivity contribution >= 4 is 25.3 Å². The van der Waals surface area contributed by atoms with Gasteiger partial charge in [0, 0.05) is 0 Å². The number of nitrogens with zero attached hydrogens (tertiary/aromatic N) is 1. The van der Waals surface area contributed by atoms with E-state index in [0.29, 0.717) is 21.2 Å². The van der Waals surface area contributed by atoms with Crippen molar-refractivity contribution in [3.63, 3.8) is 0 Å². The van der Waals surface area contributed by atoms with Crippen LogP contribution >= 0.6 is 0 Å². The van der Waals surface area contributed by atoms with Gasteiger partial charge in [0.1, 0.15) is 0 Å². The van der Waals surface area contributed by atoms with Crippen LogP contribution in [-0.4, -0.2) is 21.2 Å². The zero-order chi connectivity index (χ0) is 11.7. The first-order valence-electron chi connectivity index (χ1n) is 5.95. The summed E-state index contributed by atoms with van der Waals surface area (Å²) in [6, 6.07) is 20.2. The molecule has 1 nitrogen and oxygen atoms in total. The van der Waals surface area contributed by atoms with Gasteiger partial charge in [-0.15, -0.1) is 0 Å². The second kappa shape index (κ2) is 4.56. The number of anilines is 1. The topological polar surface area (TPSA) is 3.24 Å². The molecule has 86 valence electrons. The van der Waals surface area contributed by atoms with E-state index in [4.69, 9.17) is 0 Å². The van der Waals surface area contributed by atoms with E-state index in [1.54, 1.807) is 0 Å². The normalized spacial score (nSPS) is 18.2. The van der Waals surface area contributed by atoms with Crippen LogP contribution in [0, 0.1) is 0 Å². The molecule has 2 heteroatoms. The van der Waals surface area contributed by atoms with Crippen LogP contribution in [0.4, 0.5) is 5.69 Å². The quantitative estimate of drug-likeness (QED) is 0.767. The summed E-state index contributed by atoms with van der Waals surface area (Å²) in [5.41, 5.74) is 2.93. The molecule has 2 aromatic rings. The van der Waals surface area contributed by atoms with Crippen LogP contribution in [0.3, 0.4) is 0 Å². The number of rotatable bonds is 2. The Kier molecular flexibility index (Phi) is 2.92. The standard InChI is InChI=1S/C15H15NSe/c1-12-11-13-7-5-6-10-15(13)16(12)17-14-8-3-2-4-9-14/h2-10,12H,11H2,1H3. The van der Waals surface area contributed by atoms with Gasteiger partial charge in [-0.25, -0.2) is 0 Å². The number of fused-ring (bicyclic) bond motifs is 1. The van der Waals surface area contributed by atoms with E-state index < -0.39 is 0 Å². The average molecular weight is 288 g/mol. The van der Waals surface area contributed by atoms with Crippen molar-refractivity contribution in [3.05, 3.63) is 60.2 Å². The van der Waals surface area contributed by atoms with E-state index in [1.807, 2.05) is 0 Å². The first kappa shape index (κ1) is 10.9. The van der Waals surface area contributed by atoms with Gasteiger partial charge in [-0.2, -0.15) is 0 Å². The van der Waals surface area contributed by atoms with Crippen LogP contribution in [0.2, 0.25) is 0 Å². The van der Waals surface area contributed by atoms with Crippen molar-refractivity contribution in [3.8, 4) is 0 Å². The van der Waals surface area contributed by atoms with E-state index in [1.165, 1.54) is 22.1 Å². The number of para-hydroxylation sites is 1. The number of benzene rings is 2. The molecule has 2 aromatic carbocycles. The van der Waals surface area contributed by atoms with Crippen molar-refractivity contribution < 1.29 is 0 Å². The molecule has 17 heavy (non-hydrogen) atoms. The molecular weight excluding hydrogens is 273 g/mol. The summed E-state index contributed by atoms with van der Waals surface area (Å²) in [5, 5.41) is 0. The Balaban J connectivity index is 1.89. The van der Waals surface area contributed by atoms with Gasteiger partial charge >= 0.3 is 109 Å². The van der Waals surface area contributed by atoms with Gasteiger partial charge in [-0.05, 0) is 0 Å². The first-order valence-corrected chi connectivity index (χ1v) is 7.57. The molecule has 0 amide bonds. The van der Waals surface area contributed by atoms with Crippen molar-refractivity contribution in [2.45, 2.75) is 19.4 Å². The van der Waals surface area contributed by atoms with Gasteiger partial charge < -0.3 is 0 Å². The molecule has 1 aliphatic rings. The van der Waals surface area contributed by atoms with Crippen LogP contribution < -0.4 is 8.38 Å². The predicted octanol–water partition coefficient (Wildman–Crippen LogP) is 2.38. The van der Waals surface area contributed by atoms with Crippen molar-refractivity contribution in [1.29, 1.82) is 0 Å². The fourth-order valence-corrected chi connectivity index (χ4v) is 4.45.